The number of benzene rings is 1. The van der Waals surface area contributed by atoms with Crippen LogP contribution in [0.15, 0.2) is 29.2 Å². The fourth-order valence-electron chi connectivity index (χ4n) is 1.05. The first-order chi connectivity index (χ1) is 5.20. The summed E-state index contributed by atoms with van der Waals surface area (Å²) >= 11 is 0. The molecule has 2 nitrogen and oxygen atoms in total. The molecule has 0 spiro atoms. The first-order valence-electron chi connectivity index (χ1n) is 3.15. The van der Waals surface area contributed by atoms with Gasteiger partial charge in [-0.3, -0.25) is 0 Å². The van der Waals surface area contributed by atoms with E-state index >= 15 is 0 Å². The molecule has 0 saturated carbocycles. The van der Waals surface area contributed by atoms with Gasteiger partial charge in [-0.15, -0.1) is 0 Å². The molecule has 0 amide bonds. The third kappa shape index (κ3) is 0.886. The predicted molar refractivity (Wildman–Crippen MR) is 41.3 cm³/mol. The maximum atomic E-state index is 11.1. The number of rotatable bonds is 0. The van der Waals surface area contributed by atoms with Crippen molar-refractivity contribution in [2.24, 2.45) is 0 Å². The standard InChI is InChI=1S/C8H5O2S/c9-11(10)6-5-7-3-1-2-4-8(7)11/h1-5H. The summed E-state index contributed by atoms with van der Waals surface area (Å²) in [6.45, 7) is 0. The van der Waals surface area contributed by atoms with Crippen molar-refractivity contribution >= 4 is 15.9 Å². The molecule has 1 aromatic rings. The van der Waals surface area contributed by atoms with Crippen molar-refractivity contribution in [2.45, 2.75) is 4.90 Å². The highest BCUT2D eigenvalue weighted by Gasteiger charge is 2.19. The Hall–Kier alpha value is -1.09. The maximum Gasteiger partial charge on any atom is 0.208 e. The van der Waals surface area contributed by atoms with Crippen LogP contribution in [0.1, 0.15) is 5.56 Å². The van der Waals surface area contributed by atoms with Crippen LogP contribution in [0.25, 0.3) is 6.08 Å². The second-order valence-corrected chi connectivity index (χ2v) is 3.99. The van der Waals surface area contributed by atoms with Crippen LogP contribution in [0, 0.1) is 5.41 Å². The summed E-state index contributed by atoms with van der Waals surface area (Å²) in [6.07, 6.45) is 1.49. The van der Waals surface area contributed by atoms with E-state index in [-0.39, 0.29) is 0 Å². The van der Waals surface area contributed by atoms with Crippen molar-refractivity contribution in [1.29, 1.82) is 0 Å². The Morgan fingerprint density at radius 2 is 1.91 bits per heavy atom. The van der Waals surface area contributed by atoms with Gasteiger partial charge in [0, 0.05) is 0 Å². The molecule has 0 N–H and O–H groups in total. The van der Waals surface area contributed by atoms with Crippen molar-refractivity contribution in [1.82, 2.24) is 0 Å². The van der Waals surface area contributed by atoms with Crippen molar-refractivity contribution in [3.63, 3.8) is 0 Å². The monoisotopic (exact) mass is 165 g/mol. The first-order valence-corrected chi connectivity index (χ1v) is 4.63. The van der Waals surface area contributed by atoms with Crippen molar-refractivity contribution in [3.8, 4) is 0 Å². The predicted octanol–water partition coefficient (Wildman–Crippen LogP) is 1.25. The molecule has 1 aliphatic heterocycles. The van der Waals surface area contributed by atoms with Crippen LogP contribution >= 0.6 is 0 Å². The second-order valence-electron chi connectivity index (χ2n) is 2.30. The molecule has 1 heterocycles. The summed E-state index contributed by atoms with van der Waals surface area (Å²) < 4.78 is 22.2. The second kappa shape index (κ2) is 1.95. The van der Waals surface area contributed by atoms with Gasteiger partial charge in [0.1, 0.15) is 0 Å². The molecule has 0 aromatic heterocycles. The van der Waals surface area contributed by atoms with Gasteiger partial charge in [-0.25, -0.2) is 8.42 Å². The summed E-state index contributed by atoms with van der Waals surface area (Å²) in [5, 5.41) is 2.31. The summed E-state index contributed by atoms with van der Waals surface area (Å²) in [6, 6.07) is 6.85. The number of hydrogen-bond donors (Lipinski definition) is 0. The molecular formula is C8H5O2S. The maximum absolute atomic E-state index is 11.1. The van der Waals surface area contributed by atoms with E-state index in [1.807, 2.05) is 0 Å². The van der Waals surface area contributed by atoms with Crippen LogP contribution in [0.3, 0.4) is 0 Å². The van der Waals surface area contributed by atoms with Crippen molar-refractivity contribution in [3.05, 3.63) is 35.2 Å². The Kier molecular flexibility index (Phi) is 1.17. The summed E-state index contributed by atoms with van der Waals surface area (Å²) in [4.78, 5) is 0.361. The fraction of sp³-hybridized carbons (Fsp3) is 0. The van der Waals surface area contributed by atoms with Crippen LogP contribution in [-0.4, -0.2) is 8.42 Å². The number of fused-ring (bicyclic) bond motifs is 1. The van der Waals surface area contributed by atoms with E-state index in [4.69, 9.17) is 0 Å². The largest absolute Gasteiger partial charge is 0.218 e. The highest BCUT2D eigenvalue weighted by molar-refractivity contribution is 7.93. The van der Waals surface area contributed by atoms with E-state index in [0.29, 0.717) is 4.90 Å². The van der Waals surface area contributed by atoms with Gasteiger partial charge in [-0.2, -0.15) is 0 Å². The minimum Gasteiger partial charge on any atom is -0.218 e. The number of hydrogen-bond acceptors (Lipinski definition) is 2. The van der Waals surface area contributed by atoms with E-state index in [1.165, 1.54) is 6.08 Å². The van der Waals surface area contributed by atoms with Crippen LogP contribution in [0.4, 0.5) is 0 Å². The van der Waals surface area contributed by atoms with Gasteiger partial charge >= 0.3 is 0 Å². The van der Waals surface area contributed by atoms with Gasteiger partial charge in [0.2, 0.25) is 9.84 Å². The molecule has 1 aromatic carbocycles. The van der Waals surface area contributed by atoms with E-state index in [0.717, 1.165) is 5.56 Å². The van der Waals surface area contributed by atoms with E-state index in [2.05, 4.69) is 5.41 Å². The van der Waals surface area contributed by atoms with Gasteiger partial charge in [0.05, 0.1) is 10.3 Å². The molecule has 0 bridgehead atoms. The third-order valence-electron chi connectivity index (χ3n) is 1.58. The molecule has 11 heavy (non-hydrogen) atoms. The highest BCUT2D eigenvalue weighted by atomic mass is 32.2. The summed E-state index contributed by atoms with van der Waals surface area (Å²) in [5.41, 5.74) is 0.729. The lowest BCUT2D eigenvalue weighted by Gasteiger charge is -1.94. The Morgan fingerprint density at radius 3 is 2.64 bits per heavy atom. The highest BCUT2D eigenvalue weighted by Crippen LogP contribution is 2.24. The Morgan fingerprint density at radius 1 is 1.18 bits per heavy atom. The van der Waals surface area contributed by atoms with Gasteiger partial charge in [0.15, 0.2) is 0 Å². The quantitative estimate of drug-likeness (QED) is 0.579. The van der Waals surface area contributed by atoms with Gasteiger partial charge in [0.25, 0.3) is 0 Å². The lowest BCUT2D eigenvalue weighted by atomic mass is 10.2. The minimum atomic E-state index is -3.21. The number of sulfone groups is 1. The lowest BCUT2D eigenvalue weighted by molar-refractivity contribution is 0.604. The van der Waals surface area contributed by atoms with E-state index < -0.39 is 9.84 Å². The summed E-state index contributed by atoms with van der Waals surface area (Å²) in [7, 11) is -3.21. The van der Waals surface area contributed by atoms with Crippen molar-refractivity contribution < 1.29 is 8.42 Å². The SMILES string of the molecule is O=S1(=O)[C]=Cc2ccccc21. The van der Waals surface area contributed by atoms with Crippen LogP contribution < -0.4 is 0 Å². The van der Waals surface area contributed by atoms with Crippen LogP contribution in [-0.2, 0) is 9.84 Å². The molecule has 0 atom stereocenters. The zero-order valence-corrected chi connectivity index (χ0v) is 6.43. The third-order valence-corrected chi connectivity index (χ3v) is 2.96. The Labute approximate surface area is 65.1 Å². The van der Waals surface area contributed by atoms with E-state index in [1.54, 1.807) is 24.3 Å². The minimum absolute atomic E-state index is 0.361. The van der Waals surface area contributed by atoms with Gasteiger partial charge < -0.3 is 0 Å². The van der Waals surface area contributed by atoms with Crippen LogP contribution in [0.5, 0.6) is 0 Å². The smallest absolute Gasteiger partial charge is 0.208 e. The van der Waals surface area contributed by atoms with Gasteiger partial charge in [-0.1, -0.05) is 18.2 Å². The van der Waals surface area contributed by atoms with Crippen molar-refractivity contribution in [2.75, 3.05) is 0 Å². The van der Waals surface area contributed by atoms with Gasteiger partial charge in [-0.05, 0) is 17.7 Å². The zero-order chi connectivity index (χ0) is 7.90. The van der Waals surface area contributed by atoms with Crippen LogP contribution in [0.2, 0.25) is 0 Å². The zero-order valence-electron chi connectivity index (χ0n) is 5.61. The Bertz CT molecular complexity index is 415. The normalized spacial score (nSPS) is 18.2. The molecule has 55 valence electrons. The molecule has 0 unspecified atom stereocenters. The average molecular weight is 165 g/mol. The fourth-order valence-corrected chi connectivity index (χ4v) is 2.15. The summed E-state index contributed by atoms with van der Waals surface area (Å²) in [5.74, 6) is 0. The molecule has 1 aliphatic rings. The molecule has 2 rings (SSSR count). The molecule has 3 heteroatoms. The molecule has 0 aliphatic carbocycles. The Balaban J connectivity index is 2.84. The van der Waals surface area contributed by atoms with E-state index in [9.17, 15) is 8.42 Å². The molecule has 0 saturated heterocycles. The molecular weight excluding hydrogens is 160 g/mol. The molecule has 1 radical (unpaired) electrons. The lowest BCUT2D eigenvalue weighted by Crippen LogP contribution is -1.92. The molecule has 0 fully saturated rings. The topological polar surface area (TPSA) is 34.1 Å². The average Bonchev–Trinajstić information content (AvgIpc) is 2.29. The first kappa shape index (κ1) is 6.61.